The van der Waals surface area contributed by atoms with Crippen LogP contribution in [0.1, 0.15) is 73.1 Å². The first-order valence-electron chi connectivity index (χ1n) is 7.44. The molecule has 0 unspecified atom stereocenters. The summed E-state index contributed by atoms with van der Waals surface area (Å²) in [7, 11) is 0. The second-order valence-corrected chi connectivity index (χ2v) is 5.84. The summed E-state index contributed by atoms with van der Waals surface area (Å²) in [4.78, 5) is 0. The normalized spacial score (nSPS) is 12.5. The van der Waals surface area contributed by atoms with Gasteiger partial charge < -0.3 is 0 Å². The lowest BCUT2D eigenvalue weighted by atomic mass is 10.0. The smallest absolute Gasteiger partial charge is 0.0285 e. The molecule has 0 bridgehead atoms. The maximum Gasteiger partial charge on any atom is -0.0285 e. The second kappa shape index (κ2) is 10.8. The Bertz CT molecular complexity index is 346. The molecule has 0 heterocycles. The van der Waals surface area contributed by atoms with Gasteiger partial charge in [-0.15, -0.1) is 0 Å². The van der Waals surface area contributed by atoms with E-state index in [1.165, 1.54) is 36.0 Å². The van der Waals surface area contributed by atoms with Crippen LogP contribution in [0.4, 0.5) is 0 Å². The molecule has 1 radical (unpaired) electrons. The Morgan fingerprint density at radius 2 is 1.11 bits per heavy atom. The van der Waals surface area contributed by atoms with Crippen LogP contribution < -0.4 is 0 Å². The predicted octanol–water partition coefficient (Wildman–Crippen LogP) is 6.57. The standard InChI is InChI=1S/C19H31/c1-16(2)10-7-12-18(5)14-9-15-19(6)13-8-11-17(3)4/h1,11-12,15H,7-10,13-14H2,2-6H3. The van der Waals surface area contributed by atoms with Crippen molar-refractivity contribution in [3.05, 3.63) is 47.1 Å². The lowest BCUT2D eigenvalue weighted by molar-refractivity contribution is 0.900. The van der Waals surface area contributed by atoms with E-state index in [9.17, 15) is 0 Å². The van der Waals surface area contributed by atoms with E-state index in [0.717, 1.165) is 24.8 Å². The summed E-state index contributed by atoms with van der Waals surface area (Å²) in [5.74, 6) is 0. The monoisotopic (exact) mass is 259 g/mol. The largest absolute Gasteiger partial charge is 0.0856 e. The van der Waals surface area contributed by atoms with Gasteiger partial charge in [-0.25, -0.2) is 0 Å². The fourth-order valence-corrected chi connectivity index (χ4v) is 1.89. The van der Waals surface area contributed by atoms with E-state index in [1.807, 2.05) is 6.92 Å². The molecule has 0 atom stereocenters. The maximum absolute atomic E-state index is 5.66. The molecule has 0 nitrogen and oxygen atoms in total. The van der Waals surface area contributed by atoms with E-state index in [-0.39, 0.29) is 0 Å². The Kier molecular flexibility index (Phi) is 10.2. The van der Waals surface area contributed by atoms with Gasteiger partial charge in [-0.2, -0.15) is 0 Å². The zero-order valence-electron chi connectivity index (χ0n) is 13.6. The summed E-state index contributed by atoms with van der Waals surface area (Å²) in [6.07, 6.45) is 13.8. The van der Waals surface area contributed by atoms with Crippen LogP contribution in [0.15, 0.2) is 40.5 Å². The van der Waals surface area contributed by atoms with Gasteiger partial charge in [0.05, 0.1) is 0 Å². The molecule has 0 aromatic rings. The van der Waals surface area contributed by atoms with Crippen molar-refractivity contribution >= 4 is 0 Å². The third kappa shape index (κ3) is 13.2. The maximum atomic E-state index is 5.66. The van der Waals surface area contributed by atoms with Crippen molar-refractivity contribution in [2.45, 2.75) is 73.1 Å². The van der Waals surface area contributed by atoms with Crippen LogP contribution in [0.3, 0.4) is 0 Å². The summed E-state index contributed by atoms with van der Waals surface area (Å²) in [5.41, 5.74) is 5.43. The zero-order chi connectivity index (χ0) is 14.7. The van der Waals surface area contributed by atoms with Crippen LogP contribution in [-0.4, -0.2) is 0 Å². The fourth-order valence-electron chi connectivity index (χ4n) is 1.89. The van der Waals surface area contributed by atoms with E-state index < -0.39 is 0 Å². The molecule has 19 heavy (non-hydrogen) atoms. The fraction of sp³-hybridized carbons (Fsp3) is 0.579. The minimum atomic E-state index is 1.01. The molecule has 107 valence electrons. The van der Waals surface area contributed by atoms with Gasteiger partial charge in [0.15, 0.2) is 0 Å². The first-order valence-corrected chi connectivity index (χ1v) is 7.44. The van der Waals surface area contributed by atoms with E-state index in [4.69, 9.17) is 6.58 Å². The molecular formula is C19H31. The first-order chi connectivity index (χ1) is 8.91. The topological polar surface area (TPSA) is 0 Å². The Morgan fingerprint density at radius 1 is 0.684 bits per heavy atom. The molecule has 0 rings (SSSR count). The third-order valence-electron chi connectivity index (χ3n) is 3.15. The number of rotatable bonds is 9. The van der Waals surface area contributed by atoms with Crippen molar-refractivity contribution in [3.63, 3.8) is 0 Å². The second-order valence-electron chi connectivity index (χ2n) is 5.84. The highest BCUT2D eigenvalue weighted by molar-refractivity contribution is 5.06. The van der Waals surface area contributed by atoms with Crippen molar-refractivity contribution in [2.75, 3.05) is 0 Å². The van der Waals surface area contributed by atoms with Gasteiger partial charge in [0, 0.05) is 0 Å². The number of hydrogen-bond acceptors (Lipinski definition) is 0. The molecule has 0 aliphatic carbocycles. The van der Waals surface area contributed by atoms with Crippen molar-refractivity contribution < 1.29 is 0 Å². The van der Waals surface area contributed by atoms with E-state index in [0.29, 0.717) is 0 Å². The van der Waals surface area contributed by atoms with E-state index in [1.54, 1.807) is 0 Å². The highest BCUT2D eigenvalue weighted by atomic mass is 14.0. The molecule has 0 saturated heterocycles. The molecule has 0 aliphatic rings. The van der Waals surface area contributed by atoms with Crippen LogP contribution in [-0.2, 0) is 0 Å². The summed E-state index contributed by atoms with van der Waals surface area (Å²) in [6.45, 7) is 16.4. The Morgan fingerprint density at radius 3 is 1.53 bits per heavy atom. The van der Waals surface area contributed by atoms with Gasteiger partial charge in [-0.05, 0) is 73.1 Å². The summed E-state index contributed by atoms with van der Waals surface area (Å²) in [5, 5.41) is 0. The van der Waals surface area contributed by atoms with Crippen molar-refractivity contribution in [2.24, 2.45) is 0 Å². The highest BCUT2D eigenvalue weighted by Crippen LogP contribution is 2.12. The van der Waals surface area contributed by atoms with Crippen LogP contribution in [0.25, 0.3) is 0 Å². The minimum Gasteiger partial charge on any atom is -0.0856 e. The van der Waals surface area contributed by atoms with Crippen LogP contribution >= 0.6 is 0 Å². The number of hydrogen-bond donors (Lipinski definition) is 0. The molecular weight excluding hydrogens is 228 g/mol. The Hall–Kier alpha value is -1.04. The van der Waals surface area contributed by atoms with Crippen molar-refractivity contribution in [1.82, 2.24) is 0 Å². The minimum absolute atomic E-state index is 1.01. The first kappa shape index (κ1) is 18.0. The molecule has 0 N–H and O–H groups in total. The van der Waals surface area contributed by atoms with Gasteiger partial charge in [-0.1, -0.05) is 47.1 Å². The van der Waals surface area contributed by atoms with Crippen LogP contribution in [0, 0.1) is 6.58 Å². The highest BCUT2D eigenvalue weighted by Gasteiger charge is 1.92. The summed E-state index contributed by atoms with van der Waals surface area (Å²) >= 11 is 0. The van der Waals surface area contributed by atoms with E-state index in [2.05, 4.69) is 45.9 Å². The van der Waals surface area contributed by atoms with Gasteiger partial charge in [0.2, 0.25) is 0 Å². The molecule has 0 saturated carbocycles. The molecule has 0 heteroatoms. The van der Waals surface area contributed by atoms with Crippen molar-refractivity contribution in [3.8, 4) is 0 Å². The predicted molar refractivity (Wildman–Crippen MR) is 88.1 cm³/mol. The molecule has 0 aliphatic heterocycles. The van der Waals surface area contributed by atoms with Gasteiger partial charge in [-0.3, -0.25) is 0 Å². The summed E-state index contributed by atoms with van der Waals surface area (Å²) in [6, 6.07) is 0. The number of allylic oxidation sites excluding steroid dienone is 7. The zero-order valence-corrected chi connectivity index (χ0v) is 13.6. The van der Waals surface area contributed by atoms with Crippen molar-refractivity contribution in [1.29, 1.82) is 0 Å². The molecule has 0 aromatic carbocycles. The SMILES string of the molecule is [CH]=C(C)CCC=C(C)CCC=C(C)CCC=C(C)C. The van der Waals surface area contributed by atoms with Gasteiger partial charge >= 0.3 is 0 Å². The molecule has 0 spiro atoms. The third-order valence-corrected chi connectivity index (χ3v) is 3.15. The average Bonchev–Trinajstić information content (AvgIpc) is 2.27. The van der Waals surface area contributed by atoms with Gasteiger partial charge in [0.25, 0.3) is 0 Å². The summed E-state index contributed by atoms with van der Waals surface area (Å²) < 4.78 is 0. The molecule has 0 aromatic heterocycles. The van der Waals surface area contributed by atoms with E-state index >= 15 is 0 Å². The lowest BCUT2D eigenvalue weighted by Gasteiger charge is -2.02. The Balaban J connectivity index is 3.86. The lowest BCUT2D eigenvalue weighted by Crippen LogP contribution is -1.81. The van der Waals surface area contributed by atoms with Gasteiger partial charge in [0.1, 0.15) is 0 Å². The molecule has 0 fully saturated rings. The van der Waals surface area contributed by atoms with Crippen LogP contribution in [0.2, 0.25) is 0 Å². The van der Waals surface area contributed by atoms with Crippen LogP contribution in [0.5, 0.6) is 0 Å². The molecule has 0 amide bonds. The quantitative estimate of drug-likeness (QED) is 0.411. The Labute approximate surface area is 121 Å². The average molecular weight is 259 g/mol.